The van der Waals surface area contributed by atoms with Gasteiger partial charge in [-0.3, -0.25) is 0 Å². The molecule has 0 spiro atoms. The second-order valence-electron chi connectivity index (χ2n) is 8.28. The lowest BCUT2D eigenvalue weighted by Gasteiger charge is -2.14. The predicted octanol–water partition coefficient (Wildman–Crippen LogP) is 5.26. The molecule has 0 saturated heterocycles. The van der Waals surface area contributed by atoms with E-state index in [1.165, 1.54) is 16.7 Å². The van der Waals surface area contributed by atoms with Gasteiger partial charge >= 0.3 is 0 Å². The number of hydrogen-bond donors (Lipinski definition) is 1. The summed E-state index contributed by atoms with van der Waals surface area (Å²) in [5.74, 6) is 1.96. The zero-order chi connectivity index (χ0) is 22.5. The van der Waals surface area contributed by atoms with Gasteiger partial charge < -0.3 is 4.74 Å². The molecule has 0 aliphatic rings. The Hall–Kier alpha value is -4.06. The van der Waals surface area contributed by atoms with Gasteiger partial charge in [0, 0.05) is 11.8 Å². The molecule has 0 radical (unpaired) electrons. The van der Waals surface area contributed by atoms with Crippen molar-refractivity contribution in [3.05, 3.63) is 113 Å². The molecule has 1 N–H and O–H groups in total. The molecule has 164 valence electrons. The molecule has 0 aliphatic heterocycles. The molecule has 33 heavy (non-hydrogen) atoms. The normalized spacial score (nSPS) is 12.0. The van der Waals surface area contributed by atoms with Gasteiger partial charge in [0.1, 0.15) is 12.4 Å². The average Bonchev–Trinajstić information content (AvgIpc) is 3.36. The first-order valence-electron chi connectivity index (χ1n) is 11.1. The third kappa shape index (κ3) is 5.23. The first-order valence-corrected chi connectivity index (χ1v) is 11.1. The summed E-state index contributed by atoms with van der Waals surface area (Å²) >= 11 is 0. The van der Waals surface area contributed by atoms with Gasteiger partial charge in [0.25, 0.3) is 0 Å². The largest absolute Gasteiger partial charge is 0.487 e. The number of tetrazole rings is 1. The minimum atomic E-state index is 0.390. The summed E-state index contributed by atoms with van der Waals surface area (Å²) in [7, 11) is 0. The van der Waals surface area contributed by atoms with Crippen LogP contribution in [0.3, 0.4) is 0 Å². The van der Waals surface area contributed by atoms with Crippen LogP contribution in [-0.4, -0.2) is 25.6 Å². The minimum absolute atomic E-state index is 0.390. The van der Waals surface area contributed by atoms with E-state index < -0.39 is 0 Å². The summed E-state index contributed by atoms with van der Waals surface area (Å²) in [4.78, 5) is 4.69. The van der Waals surface area contributed by atoms with Crippen molar-refractivity contribution in [2.45, 2.75) is 32.3 Å². The van der Waals surface area contributed by atoms with Gasteiger partial charge in [-0.05, 0) is 53.3 Å². The van der Waals surface area contributed by atoms with Gasteiger partial charge in [-0.15, -0.1) is 10.2 Å². The third-order valence-corrected chi connectivity index (χ3v) is 5.78. The highest BCUT2D eigenvalue weighted by Gasteiger charge is 2.09. The zero-order valence-electron chi connectivity index (χ0n) is 18.5. The number of nitrogens with one attached hydrogen (secondary N) is 1. The summed E-state index contributed by atoms with van der Waals surface area (Å²) in [5.41, 5.74) is 5.64. The lowest BCUT2D eigenvalue weighted by atomic mass is 9.93. The number of nitrogens with zero attached hydrogens (tertiary/aromatic N) is 4. The first-order chi connectivity index (χ1) is 16.2. The molecule has 1 unspecified atom stereocenters. The van der Waals surface area contributed by atoms with Crippen LogP contribution < -0.4 is 4.74 Å². The highest BCUT2D eigenvalue weighted by atomic mass is 16.5. The Morgan fingerprint density at radius 3 is 2.61 bits per heavy atom. The van der Waals surface area contributed by atoms with Crippen LogP contribution in [0, 0.1) is 0 Å². The number of rotatable bonds is 8. The highest BCUT2D eigenvalue weighted by molar-refractivity contribution is 5.78. The van der Waals surface area contributed by atoms with Crippen LogP contribution >= 0.6 is 0 Å². The summed E-state index contributed by atoms with van der Waals surface area (Å²) < 4.78 is 6.05. The van der Waals surface area contributed by atoms with Crippen molar-refractivity contribution in [2.24, 2.45) is 0 Å². The maximum atomic E-state index is 6.05. The van der Waals surface area contributed by atoms with Gasteiger partial charge in [-0.25, -0.2) is 4.98 Å². The SMILES string of the molecule is CC(Cc1cccc(OCc2ccc3ccccc3n2)c1)c1ccc(Cc2nn[nH]n2)cc1. The highest BCUT2D eigenvalue weighted by Crippen LogP contribution is 2.24. The number of aromatic amines is 1. The number of para-hydroxylation sites is 1. The van der Waals surface area contributed by atoms with Crippen LogP contribution in [0.1, 0.15) is 41.1 Å². The Kier molecular flexibility index (Phi) is 6.06. The summed E-state index contributed by atoms with van der Waals surface area (Å²) in [5, 5.41) is 15.3. The maximum Gasteiger partial charge on any atom is 0.178 e. The van der Waals surface area contributed by atoms with E-state index in [1.54, 1.807) is 0 Å². The van der Waals surface area contributed by atoms with Crippen LogP contribution in [0.5, 0.6) is 5.75 Å². The number of H-pyrrole nitrogens is 1. The fourth-order valence-corrected chi connectivity index (χ4v) is 3.98. The topological polar surface area (TPSA) is 76.6 Å². The quantitative estimate of drug-likeness (QED) is 0.360. The summed E-state index contributed by atoms with van der Waals surface area (Å²) in [6.07, 6.45) is 1.62. The van der Waals surface area contributed by atoms with Gasteiger partial charge in [0.15, 0.2) is 5.82 Å². The van der Waals surface area contributed by atoms with Crippen molar-refractivity contribution < 1.29 is 4.74 Å². The molecule has 0 amide bonds. The molecule has 0 bridgehead atoms. The molecule has 0 aliphatic carbocycles. The maximum absolute atomic E-state index is 6.05. The van der Waals surface area contributed by atoms with E-state index in [1.807, 2.05) is 30.3 Å². The lowest BCUT2D eigenvalue weighted by Crippen LogP contribution is -2.01. The third-order valence-electron chi connectivity index (χ3n) is 5.78. The number of benzene rings is 3. The smallest absolute Gasteiger partial charge is 0.178 e. The Bertz CT molecular complexity index is 1330. The molecule has 5 rings (SSSR count). The molecular weight excluding hydrogens is 410 g/mol. The van der Waals surface area contributed by atoms with Crippen LogP contribution in [0.25, 0.3) is 10.9 Å². The number of ether oxygens (including phenoxy) is 1. The van der Waals surface area contributed by atoms with Crippen LogP contribution in [0.2, 0.25) is 0 Å². The summed E-state index contributed by atoms with van der Waals surface area (Å²) in [6.45, 7) is 2.70. The monoisotopic (exact) mass is 435 g/mol. The molecule has 5 aromatic rings. The Morgan fingerprint density at radius 2 is 1.76 bits per heavy atom. The van der Waals surface area contributed by atoms with E-state index in [0.29, 0.717) is 24.8 Å². The van der Waals surface area contributed by atoms with Crippen molar-refractivity contribution in [2.75, 3.05) is 0 Å². The fraction of sp³-hybridized carbons (Fsp3) is 0.185. The Labute approximate surface area is 192 Å². The number of pyridine rings is 1. The molecule has 2 aromatic heterocycles. The van der Waals surface area contributed by atoms with Gasteiger partial charge in [0.2, 0.25) is 0 Å². The molecule has 2 heterocycles. The average molecular weight is 436 g/mol. The van der Waals surface area contributed by atoms with Crippen LogP contribution in [0.4, 0.5) is 0 Å². The number of aromatic nitrogens is 5. The Balaban J connectivity index is 1.20. The minimum Gasteiger partial charge on any atom is -0.487 e. The van der Waals surface area contributed by atoms with Crippen molar-refractivity contribution in [3.8, 4) is 5.75 Å². The predicted molar refractivity (Wildman–Crippen MR) is 128 cm³/mol. The molecule has 6 heteroatoms. The van der Waals surface area contributed by atoms with E-state index in [4.69, 9.17) is 9.72 Å². The molecule has 1 atom stereocenters. The molecule has 6 nitrogen and oxygen atoms in total. The zero-order valence-corrected chi connectivity index (χ0v) is 18.5. The first kappa shape index (κ1) is 20.8. The van der Waals surface area contributed by atoms with E-state index in [-0.39, 0.29) is 0 Å². The van der Waals surface area contributed by atoms with Crippen molar-refractivity contribution in [1.82, 2.24) is 25.6 Å². The van der Waals surface area contributed by atoms with Gasteiger partial charge in [-0.1, -0.05) is 72.8 Å². The van der Waals surface area contributed by atoms with E-state index in [2.05, 4.69) is 82.1 Å². The van der Waals surface area contributed by atoms with Crippen molar-refractivity contribution in [3.63, 3.8) is 0 Å². The number of fused-ring (bicyclic) bond motifs is 1. The van der Waals surface area contributed by atoms with Gasteiger partial charge in [0.05, 0.1) is 11.2 Å². The molecule has 3 aromatic carbocycles. The number of hydrogen-bond acceptors (Lipinski definition) is 5. The van der Waals surface area contributed by atoms with Gasteiger partial charge in [-0.2, -0.15) is 5.21 Å². The standard InChI is InChI=1S/C27H25N5O/c1-19(22-11-9-20(10-12-22)17-27-29-31-32-30-27)15-21-5-4-7-25(16-21)33-18-24-14-13-23-6-2-3-8-26(23)28-24/h2-14,16,19H,15,17-18H2,1H3,(H,29,30,31,32). The second-order valence-corrected chi connectivity index (χ2v) is 8.28. The molecular formula is C27H25N5O. The van der Waals surface area contributed by atoms with E-state index in [9.17, 15) is 0 Å². The van der Waals surface area contributed by atoms with Crippen molar-refractivity contribution in [1.29, 1.82) is 0 Å². The summed E-state index contributed by atoms with van der Waals surface area (Å²) in [6, 6.07) is 29.2. The second kappa shape index (κ2) is 9.61. The van der Waals surface area contributed by atoms with Crippen LogP contribution in [0.15, 0.2) is 84.9 Å². The van der Waals surface area contributed by atoms with Crippen molar-refractivity contribution >= 4 is 10.9 Å². The van der Waals surface area contributed by atoms with E-state index >= 15 is 0 Å². The molecule has 0 saturated carbocycles. The van der Waals surface area contributed by atoms with E-state index in [0.717, 1.165) is 28.8 Å². The van der Waals surface area contributed by atoms with Crippen LogP contribution in [-0.2, 0) is 19.4 Å². The molecule has 0 fully saturated rings. The lowest BCUT2D eigenvalue weighted by molar-refractivity contribution is 0.301. The fourth-order valence-electron chi connectivity index (χ4n) is 3.98. The Morgan fingerprint density at radius 1 is 0.879 bits per heavy atom.